The Bertz CT molecular complexity index is 328. The Morgan fingerprint density at radius 3 is 3.20 bits per heavy atom. The van der Waals surface area contributed by atoms with Crippen molar-refractivity contribution < 1.29 is 4.74 Å². The van der Waals surface area contributed by atoms with Crippen LogP contribution >= 0.6 is 0 Å². The van der Waals surface area contributed by atoms with E-state index in [0.717, 1.165) is 38.4 Å². The first-order valence-corrected chi connectivity index (χ1v) is 5.56. The van der Waals surface area contributed by atoms with E-state index in [1.165, 1.54) is 17.7 Å². The largest absolute Gasteiger partial charge is 0.380 e. The van der Waals surface area contributed by atoms with Crippen molar-refractivity contribution in [1.29, 1.82) is 0 Å². The van der Waals surface area contributed by atoms with Crippen LogP contribution in [0, 0.1) is 0 Å². The Morgan fingerprint density at radius 2 is 2.33 bits per heavy atom. The van der Waals surface area contributed by atoms with Crippen LogP contribution in [0.1, 0.15) is 24.6 Å². The van der Waals surface area contributed by atoms with E-state index in [9.17, 15) is 0 Å². The average molecular weight is 207 g/mol. The lowest BCUT2D eigenvalue weighted by molar-refractivity contribution is 0.158. The summed E-state index contributed by atoms with van der Waals surface area (Å²) in [6.45, 7) is 4.32. The summed E-state index contributed by atoms with van der Waals surface area (Å²) in [6.07, 6.45) is 5.05. The van der Waals surface area contributed by atoms with Crippen molar-refractivity contribution in [1.82, 2.24) is 9.97 Å². The number of nitrogens with zero attached hydrogens (tertiary/aromatic N) is 2. The second kappa shape index (κ2) is 5.07. The summed E-state index contributed by atoms with van der Waals surface area (Å²) in [5.41, 5.74) is 2.51. The predicted octanol–water partition coefficient (Wildman–Crippen LogP) is 1.41. The molecule has 0 fully saturated rings. The normalized spacial score (nSPS) is 13.9. The van der Waals surface area contributed by atoms with Crippen molar-refractivity contribution in [2.45, 2.75) is 26.2 Å². The smallest absolute Gasteiger partial charge is 0.132 e. The van der Waals surface area contributed by atoms with Gasteiger partial charge in [-0.1, -0.05) is 0 Å². The van der Waals surface area contributed by atoms with E-state index in [1.807, 2.05) is 6.92 Å². The zero-order valence-corrected chi connectivity index (χ0v) is 9.12. The van der Waals surface area contributed by atoms with Gasteiger partial charge in [-0.2, -0.15) is 0 Å². The molecule has 2 rings (SSSR count). The van der Waals surface area contributed by atoms with E-state index in [4.69, 9.17) is 4.74 Å². The highest BCUT2D eigenvalue weighted by Gasteiger charge is 2.16. The summed E-state index contributed by atoms with van der Waals surface area (Å²) in [7, 11) is 0. The lowest BCUT2D eigenvalue weighted by atomic mass is 10.2. The zero-order valence-electron chi connectivity index (χ0n) is 9.12. The lowest BCUT2D eigenvalue weighted by Gasteiger charge is -2.09. The summed E-state index contributed by atoms with van der Waals surface area (Å²) in [5, 5.41) is 3.30. The van der Waals surface area contributed by atoms with Gasteiger partial charge in [0.15, 0.2) is 0 Å². The first kappa shape index (κ1) is 10.4. The van der Waals surface area contributed by atoms with Gasteiger partial charge in [0, 0.05) is 24.4 Å². The van der Waals surface area contributed by atoms with Gasteiger partial charge in [-0.3, -0.25) is 0 Å². The summed E-state index contributed by atoms with van der Waals surface area (Å²) >= 11 is 0. The third-order valence-electron chi connectivity index (χ3n) is 2.62. The monoisotopic (exact) mass is 207 g/mol. The van der Waals surface area contributed by atoms with E-state index < -0.39 is 0 Å². The molecule has 0 bridgehead atoms. The predicted molar refractivity (Wildman–Crippen MR) is 59.0 cm³/mol. The molecule has 0 atom stereocenters. The SMILES string of the molecule is CCOCCNc1ncnc2c1CCC2. The van der Waals surface area contributed by atoms with E-state index >= 15 is 0 Å². The van der Waals surface area contributed by atoms with E-state index in [2.05, 4.69) is 15.3 Å². The summed E-state index contributed by atoms with van der Waals surface area (Å²) in [6, 6.07) is 0. The number of anilines is 1. The van der Waals surface area contributed by atoms with Gasteiger partial charge in [0.05, 0.1) is 6.61 Å². The van der Waals surface area contributed by atoms with Crippen molar-refractivity contribution in [3.05, 3.63) is 17.6 Å². The molecule has 0 aliphatic heterocycles. The summed E-state index contributed by atoms with van der Waals surface area (Å²) < 4.78 is 5.27. The zero-order chi connectivity index (χ0) is 10.5. The maximum atomic E-state index is 5.27. The third-order valence-corrected chi connectivity index (χ3v) is 2.62. The highest BCUT2D eigenvalue weighted by molar-refractivity contribution is 5.47. The molecule has 1 aromatic rings. The van der Waals surface area contributed by atoms with Crippen molar-refractivity contribution in [3.8, 4) is 0 Å². The molecule has 0 unspecified atom stereocenters. The second-order valence-corrected chi connectivity index (χ2v) is 3.62. The van der Waals surface area contributed by atoms with E-state index in [1.54, 1.807) is 6.33 Å². The van der Waals surface area contributed by atoms with Crippen LogP contribution in [0.5, 0.6) is 0 Å². The van der Waals surface area contributed by atoms with Crippen molar-refractivity contribution in [2.24, 2.45) is 0 Å². The fraction of sp³-hybridized carbons (Fsp3) is 0.636. The summed E-state index contributed by atoms with van der Waals surface area (Å²) in [4.78, 5) is 8.55. The number of hydrogen-bond acceptors (Lipinski definition) is 4. The number of nitrogens with one attached hydrogen (secondary N) is 1. The Kier molecular flexibility index (Phi) is 3.50. The minimum atomic E-state index is 0.731. The second-order valence-electron chi connectivity index (χ2n) is 3.62. The van der Waals surface area contributed by atoms with Crippen LogP contribution in [0.2, 0.25) is 0 Å². The van der Waals surface area contributed by atoms with Gasteiger partial charge in [0.2, 0.25) is 0 Å². The molecule has 0 aromatic carbocycles. The summed E-state index contributed by atoms with van der Waals surface area (Å²) in [5.74, 6) is 0.997. The fourth-order valence-electron chi connectivity index (χ4n) is 1.90. The Balaban J connectivity index is 1.94. The molecule has 0 saturated heterocycles. The van der Waals surface area contributed by atoms with Crippen molar-refractivity contribution >= 4 is 5.82 Å². The molecule has 15 heavy (non-hydrogen) atoms. The number of aromatic nitrogens is 2. The molecule has 0 radical (unpaired) electrons. The van der Waals surface area contributed by atoms with Crippen LogP contribution in [0.25, 0.3) is 0 Å². The molecule has 4 heteroatoms. The van der Waals surface area contributed by atoms with Gasteiger partial charge in [-0.15, -0.1) is 0 Å². The minimum Gasteiger partial charge on any atom is -0.380 e. The number of hydrogen-bond donors (Lipinski definition) is 1. The van der Waals surface area contributed by atoms with Gasteiger partial charge in [-0.25, -0.2) is 9.97 Å². The molecule has 0 spiro atoms. The number of ether oxygens (including phenoxy) is 1. The Labute approximate surface area is 90.1 Å². The molecule has 0 amide bonds. The average Bonchev–Trinajstić information content (AvgIpc) is 2.73. The van der Waals surface area contributed by atoms with Gasteiger partial charge in [0.25, 0.3) is 0 Å². The van der Waals surface area contributed by atoms with Crippen LogP contribution in [0.3, 0.4) is 0 Å². The fourth-order valence-corrected chi connectivity index (χ4v) is 1.90. The van der Waals surface area contributed by atoms with Crippen LogP contribution in [-0.4, -0.2) is 29.7 Å². The maximum absolute atomic E-state index is 5.27. The topological polar surface area (TPSA) is 47.0 Å². The Morgan fingerprint density at radius 1 is 1.40 bits per heavy atom. The quantitative estimate of drug-likeness (QED) is 0.742. The highest BCUT2D eigenvalue weighted by Crippen LogP contribution is 2.24. The lowest BCUT2D eigenvalue weighted by Crippen LogP contribution is -2.12. The minimum absolute atomic E-state index is 0.731. The van der Waals surface area contributed by atoms with Gasteiger partial charge in [0.1, 0.15) is 12.1 Å². The van der Waals surface area contributed by atoms with E-state index in [0.29, 0.717) is 0 Å². The molecule has 82 valence electrons. The molecule has 1 aliphatic carbocycles. The molecule has 1 aliphatic rings. The number of aryl methyl sites for hydroxylation is 1. The molecular formula is C11H17N3O. The van der Waals surface area contributed by atoms with Gasteiger partial charge < -0.3 is 10.1 Å². The number of rotatable bonds is 5. The number of fused-ring (bicyclic) bond motifs is 1. The Hall–Kier alpha value is -1.16. The third kappa shape index (κ3) is 2.45. The highest BCUT2D eigenvalue weighted by atomic mass is 16.5. The van der Waals surface area contributed by atoms with Gasteiger partial charge in [-0.05, 0) is 26.2 Å². The van der Waals surface area contributed by atoms with E-state index in [-0.39, 0.29) is 0 Å². The van der Waals surface area contributed by atoms with Gasteiger partial charge >= 0.3 is 0 Å². The molecule has 0 saturated carbocycles. The van der Waals surface area contributed by atoms with Crippen LogP contribution < -0.4 is 5.32 Å². The molecule has 1 heterocycles. The van der Waals surface area contributed by atoms with Crippen LogP contribution in [-0.2, 0) is 17.6 Å². The molecule has 4 nitrogen and oxygen atoms in total. The first-order valence-electron chi connectivity index (χ1n) is 5.56. The molecule has 1 N–H and O–H groups in total. The first-order chi connectivity index (χ1) is 7.42. The standard InChI is InChI=1S/C11H17N3O/c1-2-15-7-6-12-11-9-4-3-5-10(9)13-8-14-11/h8H,2-7H2,1H3,(H,12,13,14). The molecule has 1 aromatic heterocycles. The van der Waals surface area contributed by atoms with Crippen molar-refractivity contribution in [2.75, 3.05) is 25.1 Å². The van der Waals surface area contributed by atoms with Crippen LogP contribution in [0.4, 0.5) is 5.82 Å². The van der Waals surface area contributed by atoms with Crippen molar-refractivity contribution in [3.63, 3.8) is 0 Å². The molecular weight excluding hydrogens is 190 g/mol. The maximum Gasteiger partial charge on any atom is 0.132 e. The van der Waals surface area contributed by atoms with Crippen LogP contribution in [0.15, 0.2) is 6.33 Å².